The molecule has 64 valence electrons. The highest BCUT2D eigenvalue weighted by Crippen LogP contribution is 2.34. The van der Waals surface area contributed by atoms with Gasteiger partial charge < -0.3 is 5.11 Å². The van der Waals surface area contributed by atoms with Gasteiger partial charge in [0.25, 0.3) is 0 Å². The fraction of sp³-hybridized carbons (Fsp3) is 0.875. The topological polar surface area (TPSA) is 37.3 Å². The molecule has 3 heteroatoms. The van der Waals surface area contributed by atoms with Gasteiger partial charge in [0.2, 0.25) is 0 Å². The Hall–Kier alpha value is -0.600. The molecule has 1 aliphatic carbocycles. The zero-order valence-electron chi connectivity index (χ0n) is 6.64. The Balaban J connectivity index is 2.53. The minimum atomic E-state index is -1.25. The van der Waals surface area contributed by atoms with Crippen molar-refractivity contribution in [2.45, 2.75) is 38.3 Å². The van der Waals surface area contributed by atoms with Crippen molar-refractivity contribution in [2.24, 2.45) is 5.92 Å². The number of carboxylic acids is 1. The predicted octanol–water partition coefficient (Wildman–Crippen LogP) is 1.99. The van der Waals surface area contributed by atoms with E-state index in [-0.39, 0.29) is 6.42 Å². The maximum atomic E-state index is 13.2. The van der Waals surface area contributed by atoms with E-state index >= 15 is 0 Å². The van der Waals surface area contributed by atoms with E-state index in [2.05, 4.69) is 0 Å². The van der Waals surface area contributed by atoms with Gasteiger partial charge >= 0.3 is 5.97 Å². The van der Waals surface area contributed by atoms with Crippen molar-refractivity contribution in [3.8, 4) is 0 Å². The van der Waals surface area contributed by atoms with Crippen LogP contribution >= 0.6 is 0 Å². The van der Waals surface area contributed by atoms with Crippen molar-refractivity contribution in [3.05, 3.63) is 0 Å². The number of hydrogen-bond donors (Lipinski definition) is 1. The van der Waals surface area contributed by atoms with Gasteiger partial charge in [-0.3, -0.25) is 4.79 Å². The first-order valence-corrected chi connectivity index (χ1v) is 3.93. The highest BCUT2D eigenvalue weighted by Gasteiger charge is 2.35. The molecular formula is C8H13FO2. The third kappa shape index (κ3) is 2.17. The minimum Gasteiger partial charge on any atom is -0.481 e. The molecule has 1 N–H and O–H groups in total. The van der Waals surface area contributed by atoms with Gasteiger partial charge in [0.05, 0.1) is 5.92 Å². The highest BCUT2D eigenvalue weighted by atomic mass is 19.1. The number of halogens is 1. The van der Waals surface area contributed by atoms with Crippen LogP contribution in [0.25, 0.3) is 0 Å². The van der Waals surface area contributed by atoms with E-state index in [4.69, 9.17) is 5.11 Å². The molecule has 0 aliphatic heterocycles. The molecule has 0 amide bonds. The first-order valence-electron chi connectivity index (χ1n) is 3.93. The molecule has 2 nitrogen and oxygen atoms in total. The third-order valence-corrected chi connectivity index (χ3v) is 2.27. The lowest BCUT2D eigenvalue weighted by Crippen LogP contribution is -2.31. The molecule has 0 radical (unpaired) electrons. The summed E-state index contributed by atoms with van der Waals surface area (Å²) in [6.45, 7) is 1.49. The van der Waals surface area contributed by atoms with E-state index in [1.165, 1.54) is 6.92 Å². The molecule has 2 atom stereocenters. The van der Waals surface area contributed by atoms with Crippen LogP contribution in [0.2, 0.25) is 0 Å². The largest absolute Gasteiger partial charge is 0.481 e. The van der Waals surface area contributed by atoms with Crippen LogP contribution in [-0.4, -0.2) is 16.7 Å². The van der Waals surface area contributed by atoms with Gasteiger partial charge in [0.15, 0.2) is 0 Å². The molecule has 0 bridgehead atoms. The van der Waals surface area contributed by atoms with Crippen molar-refractivity contribution in [1.29, 1.82) is 0 Å². The Kier molecular flexibility index (Phi) is 2.16. The number of alkyl halides is 1. The number of carbonyl (C=O) groups is 1. The SMILES string of the molecule is CC1(F)CCCC(C(=O)O)C1. The molecule has 2 unspecified atom stereocenters. The van der Waals surface area contributed by atoms with Crippen molar-refractivity contribution in [1.82, 2.24) is 0 Å². The van der Waals surface area contributed by atoms with Gasteiger partial charge in [-0.2, -0.15) is 0 Å². The summed E-state index contributed by atoms with van der Waals surface area (Å²) in [6.07, 6.45) is 2.03. The van der Waals surface area contributed by atoms with Crippen LogP contribution in [0.5, 0.6) is 0 Å². The molecule has 0 aromatic rings. The fourth-order valence-electron chi connectivity index (χ4n) is 1.65. The number of aliphatic carboxylic acids is 1. The normalized spacial score (nSPS) is 38.5. The Labute approximate surface area is 65.4 Å². The van der Waals surface area contributed by atoms with Gasteiger partial charge in [0.1, 0.15) is 5.67 Å². The molecule has 11 heavy (non-hydrogen) atoms. The second kappa shape index (κ2) is 2.80. The van der Waals surface area contributed by atoms with E-state index in [0.717, 1.165) is 0 Å². The van der Waals surface area contributed by atoms with Crippen molar-refractivity contribution in [2.75, 3.05) is 0 Å². The Morgan fingerprint density at radius 1 is 1.73 bits per heavy atom. The summed E-state index contributed by atoms with van der Waals surface area (Å²) in [5, 5.41) is 8.60. The van der Waals surface area contributed by atoms with E-state index in [1.54, 1.807) is 0 Å². The number of hydrogen-bond acceptors (Lipinski definition) is 1. The van der Waals surface area contributed by atoms with Crippen LogP contribution in [0, 0.1) is 5.92 Å². The van der Waals surface area contributed by atoms with E-state index in [9.17, 15) is 9.18 Å². The number of carboxylic acid groups (broad SMARTS) is 1. The van der Waals surface area contributed by atoms with Crippen LogP contribution in [0.1, 0.15) is 32.6 Å². The molecule has 1 aliphatic rings. The Morgan fingerprint density at radius 3 is 2.73 bits per heavy atom. The summed E-state index contributed by atoms with van der Waals surface area (Å²) in [5.74, 6) is -1.31. The summed E-state index contributed by atoms with van der Waals surface area (Å²) < 4.78 is 13.2. The molecule has 1 rings (SSSR count). The summed E-state index contributed by atoms with van der Waals surface area (Å²) >= 11 is 0. The lowest BCUT2D eigenvalue weighted by atomic mass is 9.80. The van der Waals surface area contributed by atoms with Crippen LogP contribution in [0.15, 0.2) is 0 Å². The second-order valence-corrected chi connectivity index (χ2v) is 3.54. The zero-order valence-corrected chi connectivity index (χ0v) is 6.64. The average molecular weight is 160 g/mol. The Bertz CT molecular complexity index is 165. The van der Waals surface area contributed by atoms with Crippen molar-refractivity contribution >= 4 is 5.97 Å². The molecular weight excluding hydrogens is 147 g/mol. The van der Waals surface area contributed by atoms with Crippen molar-refractivity contribution < 1.29 is 14.3 Å². The van der Waals surface area contributed by atoms with Gasteiger partial charge in [-0.15, -0.1) is 0 Å². The first kappa shape index (κ1) is 8.50. The van der Waals surface area contributed by atoms with E-state index in [0.29, 0.717) is 19.3 Å². The monoisotopic (exact) mass is 160 g/mol. The maximum Gasteiger partial charge on any atom is 0.306 e. The summed E-state index contributed by atoms with van der Waals surface area (Å²) in [7, 11) is 0. The molecule has 1 fully saturated rings. The standard InChI is InChI=1S/C8H13FO2/c1-8(9)4-2-3-6(5-8)7(10)11/h6H,2-5H2,1H3,(H,10,11). The number of rotatable bonds is 1. The second-order valence-electron chi connectivity index (χ2n) is 3.54. The lowest BCUT2D eigenvalue weighted by molar-refractivity contribution is -0.144. The minimum absolute atomic E-state index is 0.183. The Morgan fingerprint density at radius 2 is 2.36 bits per heavy atom. The molecule has 0 heterocycles. The molecule has 0 aromatic carbocycles. The quantitative estimate of drug-likeness (QED) is 0.636. The van der Waals surface area contributed by atoms with Gasteiger partial charge in [-0.1, -0.05) is 0 Å². The molecule has 0 aromatic heterocycles. The fourth-order valence-corrected chi connectivity index (χ4v) is 1.65. The molecule has 0 spiro atoms. The average Bonchev–Trinajstić information content (AvgIpc) is 1.85. The van der Waals surface area contributed by atoms with Crippen molar-refractivity contribution in [3.63, 3.8) is 0 Å². The smallest absolute Gasteiger partial charge is 0.306 e. The van der Waals surface area contributed by atoms with E-state index < -0.39 is 17.6 Å². The zero-order chi connectivity index (χ0) is 8.48. The summed E-state index contributed by atoms with van der Waals surface area (Å²) in [6, 6.07) is 0. The molecule has 1 saturated carbocycles. The lowest BCUT2D eigenvalue weighted by Gasteiger charge is -2.29. The molecule has 0 saturated heterocycles. The van der Waals surface area contributed by atoms with Gasteiger partial charge in [-0.05, 0) is 32.6 Å². The summed E-state index contributed by atoms with van der Waals surface area (Å²) in [5.41, 5.74) is -1.25. The first-order chi connectivity index (χ1) is 5.01. The van der Waals surface area contributed by atoms with Gasteiger partial charge in [0, 0.05) is 0 Å². The van der Waals surface area contributed by atoms with E-state index in [1.807, 2.05) is 0 Å². The third-order valence-electron chi connectivity index (χ3n) is 2.27. The summed E-state index contributed by atoms with van der Waals surface area (Å²) in [4.78, 5) is 10.5. The van der Waals surface area contributed by atoms with Gasteiger partial charge in [-0.25, -0.2) is 4.39 Å². The van der Waals surface area contributed by atoms with Crippen LogP contribution in [-0.2, 0) is 4.79 Å². The van der Waals surface area contributed by atoms with Crippen LogP contribution in [0.4, 0.5) is 4.39 Å². The maximum absolute atomic E-state index is 13.2. The van der Waals surface area contributed by atoms with Crippen LogP contribution < -0.4 is 0 Å². The van der Waals surface area contributed by atoms with Crippen LogP contribution in [0.3, 0.4) is 0 Å². The highest BCUT2D eigenvalue weighted by molar-refractivity contribution is 5.70. The predicted molar refractivity (Wildman–Crippen MR) is 39.1 cm³/mol.